The lowest BCUT2D eigenvalue weighted by Gasteiger charge is -2.17. The van der Waals surface area contributed by atoms with Gasteiger partial charge in [0.2, 0.25) is 5.91 Å². The van der Waals surface area contributed by atoms with E-state index in [-0.39, 0.29) is 5.91 Å². The minimum absolute atomic E-state index is 0.0785. The highest BCUT2D eigenvalue weighted by molar-refractivity contribution is 5.75. The molecule has 1 aliphatic rings. The molecule has 4 heteroatoms. The Hall–Kier alpha value is -0.610. The second-order valence-corrected chi connectivity index (χ2v) is 3.40. The zero-order valence-electron chi connectivity index (χ0n) is 8.16. The van der Waals surface area contributed by atoms with Crippen molar-refractivity contribution in [3.05, 3.63) is 0 Å². The lowest BCUT2D eigenvalue weighted by atomic mass is 10.0. The number of nitrogens with zero attached hydrogens (tertiary/aromatic N) is 1. The average molecular weight is 186 g/mol. The highest BCUT2D eigenvalue weighted by Crippen LogP contribution is 2.12. The van der Waals surface area contributed by atoms with Gasteiger partial charge < -0.3 is 5.73 Å². The van der Waals surface area contributed by atoms with E-state index in [1.54, 1.807) is 0 Å². The van der Waals surface area contributed by atoms with Crippen molar-refractivity contribution < 1.29 is 9.63 Å². The molecule has 2 N–H and O–H groups in total. The summed E-state index contributed by atoms with van der Waals surface area (Å²) < 4.78 is 0. The minimum atomic E-state index is 0.0785. The van der Waals surface area contributed by atoms with Crippen molar-refractivity contribution in [3.8, 4) is 0 Å². The molecule has 0 aromatic heterocycles. The lowest BCUT2D eigenvalue weighted by Crippen LogP contribution is -2.30. The van der Waals surface area contributed by atoms with E-state index >= 15 is 0 Å². The Kier molecular flexibility index (Phi) is 4.18. The molecule has 1 fully saturated rings. The smallest absolute Gasteiger partial charge is 0.246 e. The second-order valence-electron chi connectivity index (χ2n) is 3.40. The molecular formula is C9H18N2O2. The van der Waals surface area contributed by atoms with Crippen LogP contribution in [0.1, 0.15) is 26.2 Å². The van der Waals surface area contributed by atoms with Gasteiger partial charge in [-0.25, -0.2) is 5.06 Å². The van der Waals surface area contributed by atoms with Crippen LogP contribution >= 0.6 is 0 Å². The van der Waals surface area contributed by atoms with Crippen molar-refractivity contribution in [3.63, 3.8) is 0 Å². The van der Waals surface area contributed by atoms with Crippen molar-refractivity contribution >= 4 is 5.91 Å². The number of hydrogen-bond acceptors (Lipinski definition) is 3. The summed E-state index contributed by atoms with van der Waals surface area (Å²) in [6.45, 7) is 4.04. The number of carbonyl (C=O) groups excluding carboxylic acids is 1. The van der Waals surface area contributed by atoms with Crippen molar-refractivity contribution in [1.29, 1.82) is 0 Å². The minimum Gasteiger partial charge on any atom is -0.330 e. The molecule has 1 rings (SSSR count). The Balaban J connectivity index is 2.30. The molecule has 0 saturated carbocycles. The monoisotopic (exact) mass is 186 g/mol. The average Bonchev–Trinajstić information content (AvgIpc) is 2.66. The first-order valence-corrected chi connectivity index (χ1v) is 4.91. The Bertz CT molecular complexity index is 163. The fraction of sp³-hybridized carbons (Fsp3) is 0.889. The fourth-order valence-corrected chi connectivity index (χ4v) is 1.39. The van der Waals surface area contributed by atoms with Gasteiger partial charge in [0.05, 0.1) is 13.2 Å². The normalized spacial score (nSPS) is 19.1. The summed E-state index contributed by atoms with van der Waals surface area (Å²) in [4.78, 5) is 16.7. The first kappa shape index (κ1) is 10.5. The quantitative estimate of drug-likeness (QED) is 0.696. The van der Waals surface area contributed by atoms with Crippen LogP contribution in [0.4, 0.5) is 0 Å². The molecule has 1 heterocycles. The Morgan fingerprint density at radius 2 is 2.46 bits per heavy atom. The molecule has 1 atom stereocenters. The van der Waals surface area contributed by atoms with Crippen LogP contribution in [0.2, 0.25) is 0 Å². The summed E-state index contributed by atoms with van der Waals surface area (Å²) in [6, 6.07) is 0. The maximum absolute atomic E-state index is 11.5. The molecule has 0 spiro atoms. The molecule has 4 nitrogen and oxygen atoms in total. The lowest BCUT2D eigenvalue weighted by molar-refractivity contribution is -0.169. The largest absolute Gasteiger partial charge is 0.330 e. The number of nitrogens with two attached hydrogens (primary N) is 1. The van der Waals surface area contributed by atoms with Crippen molar-refractivity contribution in [1.82, 2.24) is 5.06 Å². The summed E-state index contributed by atoms with van der Waals surface area (Å²) in [5, 5.41) is 1.47. The Labute approximate surface area is 79.0 Å². The third kappa shape index (κ3) is 2.97. The van der Waals surface area contributed by atoms with E-state index < -0.39 is 0 Å². The summed E-state index contributed by atoms with van der Waals surface area (Å²) in [7, 11) is 0. The van der Waals surface area contributed by atoms with Gasteiger partial charge in [0.1, 0.15) is 0 Å². The van der Waals surface area contributed by atoms with Crippen molar-refractivity contribution in [2.75, 3.05) is 19.7 Å². The van der Waals surface area contributed by atoms with E-state index in [9.17, 15) is 4.79 Å². The topological polar surface area (TPSA) is 55.6 Å². The van der Waals surface area contributed by atoms with E-state index in [0.717, 1.165) is 19.4 Å². The highest BCUT2D eigenvalue weighted by atomic mass is 16.7. The molecule has 0 aromatic rings. The Morgan fingerprint density at radius 1 is 1.69 bits per heavy atom. The zero-order chi connectivity index (χ0) is 9.68. The zero-order valence-corrected chi connectivity index (χ0v) is 8.16. The van der Waals surface area contributed by atoms with E-state index in [1.807, 2.05) is 0 Å². The molecular weight excluding hydrogens is 168 g/mol. The third-order valence-corrected chi connectivity index (χ3v) is 2.40. The molecule has 0 bridgehead atoms. The molecule has 0 radical (unpaired) electrons. The molecule has 0 aliphatic carbocycles. The van der Waals surface area contributed by atoms with Crippen LogP contribution in [0.5, 0.6) is 0 Å². The number of amides is 1. The second kappa shape index (κ2) is 5.19. The van der Waals surface area contributed by atoms with E-state index in [1.165, 1.54) is 5.06 Å². The predicted molar refractivity (Wildman–Crippen MR) is 49.7 cm³/mol. The van der Waals surface area contributed by atoms with Crippen molar-refractivity contribution in [2.45, 2.75) is 26.2 Å². The van der Waals surface area contributed by atoms with Crippen LogP contribution in [0, 0.1) is 5.92 Å². The van der Waals surface area contributed by atoms with Crippen LogP contribution < -0.4 is 5.73 Å². The number of rotatable bonds is 4. The third-order valence-electron chi connectivity index (χ3n) is 2.40. The van der Waals surface area contributed by atoms with Gasteiger partial charge in [-0.05, 0) is 18.9 Å². The first-order chi connectivity index (χ1) is 6.27. The van der Waals surface area contributed by atoms with Gasteiger partial charge in [-0.3, -0.25) is 9.63 Å². The SMILES string of the molecule is CCC(CN)CC(=O)N1CCCO1. The molecule has 76 valence electrons. The molecule has 1 saturated heterocycles. The number of hydrogen-bond donors (Lipinski definition) is 1. The summed E-state index contributed by atoms with van der Waals surface area (Å²) in [5.41, 5.74) is 5.52. The van der Waals surface area contributed by atoms with E-state index in [4.69, 9.17) is 10.6 Å². The van der Waals surface area contributed by atoms with Gasteiger partial charge in [0.15, 0.2) is 0 Å². The van der Waals surface area contributed by atoms with Crippen LogP contribution in [-0.4, -0.2) is 30.7 Å². The maximum atomic E-state index is 11.5. The Morgan fingerprint density at radius 3 is 2.92 bits per heavy atom. The van der Waals surface area contributed by atoms with E-state index in [2.05, 4.69) is 6.92 Å². The predicted octanol–water partition coefficient (Wildman–Crippen LogP) is 0.525. The number of carbonyl (C=O) groups is 1. The molecule has 0 aromatic carbocycles. The van der Waals surface area contributed by atoms with Gasteiger partial charge in [-0.15, -0.1) is 0 Å². The first-order valence-electron chi connectivity index (χ1n) is 4.91. The fourth-order valence-electron chi connectivity index (χ4n) is 1.39. The van der Waals surface area contributed by atoms with Gasteiger partial charge in [0.25, 0.3) is 0 Å². The van der Waals surface area contributed by atoms with Crippen LogP contribution in [0.3, 0.4) is 0 Å². The standard InChI is InChI=1S/C9H18N2O2/c1-2-8(7-10)6-9(12)11-4-3-5-13-11/h8H,2-7,10H2,1H3. The van der Waals surface area contributed by atoms with Gasteiger partial charge in [0, 0.05) is 6.42 Å². The molecule has 1 aliphatic heterocycles. The van der Waals surface area contributed by atoms with Crippen LogP contribution in [0.25, 0.3) is 0 Å². The van der Waals surface area contributed by atoms with Crippen LogP contribution in [0.15, 0.2) is 0 Å². The molecule has 1 amide bonds. The number of hydroxylamine groups is 2. The maximum Gasteiger partial charge on any atom is 0.246 e. The summed E-state index contributed by atoms with van der Waals surface area (Å²) in [6.07, 6.45) is 2.42. The van der Waals surface area contributed by atoms with E-state index in [0.29, 0.717) is 25.5 Å². The van der Waals surface area contributed by atoms with Gasteiger partial charge >= 0.3 is 0 Å². The van der Waals surface area contributed by atoms with Gasteiger partial charge in [-0.1, -0.05) is 13.3 Å². The van der Waals surface area contributed by atoms with Crippen molar-refractivity contribution in [2.24, 2.45) is 11.7 Å². The highest BCUT2D eigenvalue weighted by Gasteiger charge is 2.21. The summed E-state index contributed by atoms with van der Waals surface area (Å²) in [5.74, 6) is 0.381. The molecule has 13 heavy (non-hydrogen) atoms. The van der Waals surface area contributed by atoms with Gasteiger partial charge in [-0.2, -0.15) is 0 Å². The molecule has 1 unspecified atom stereocenters. The van der Waals surface area contributed by atoms with Crippen LogP contribution in [-0.2, 0) is 9.63 Å². The summed E-state index contributed by atoms with van der Waals surface area (Å²) >= 11 is 0.